The molecule has 4 amide bonds. The molecule has 0 aliphatic carbocycles. The van der Waals surface area contributed by atoms with Gasteiger partial charge >= 0.3 is 11.9 Å². The number of nitrogens with two attached hydrogens (primary N) is 2. The Morgan fingerprint density at radius 1 is 0.861 bits per heavy atom. The number of benzene rings is 1. The third kappa shape index (κ3) is 10.5. The van der Waals surface area contributed by atoms with E-state index in [1.165, 1.54) is 0 Å². The van der Waals surface area contributed by atoms with Gasteiger partial charge in [0, 0.05) is 6.42 Å². The highest BCUT2D eigenvalue weighted by molar-refractivity contribution is 5.96. The van der Waals surface area contributed by atoms with Crippen molar-refractivity contribution in [2.75, 3.05) is 0 Å². The third-order valence-electron chi connectivity index (χ3n) is 5.18. The summed E-state index contributed by atoms with van der Waals surface area (Å²) in [6.07, 6.45) is -1.37. The quantitative estimate of drug-likeness (QED) is 0.146. The molecule has 9 N–H and O–H groups in total. The van der Waals surface area contributed by atoms with E-state index in [2.05, 4.69) is 16.0 Å². The summed E-state index contributed by atoms with van der Waals surface area (Å²) < 4.78 is 0. The minimum absolute atomic E-state index is 0.146. The molecule has 0 spiro atoms. The number of primary amides is 1. The molecule has 1 aromatic carbocycles. The maximum atomic E-state index is 12.9. The van der Waals surface area contributed by atoms with Crippen LogP contribution in [0.15, 0.2) is 30.3 Å². The van der Waals surface area contributed by atoms with Crippen molar-refractivity contribution in [3.8, 4) is 0 Å². The van der Waals surface area contributed by atoms with Gasteiger partial charge in [-0.25, -0.2) is 4.79 Å². The number of carboxylic acids is 2. The molecule has 0 saturated carbocycles. The van der Waals surface area contributed by atoms with Crippen LogP contribution in [0.5, 0.6) is 0 Å². The molecule has 1 rings (SSSR count). The Balaban J connectivity index is 3.00. The summed E-state index contributed by atoms with van der Waals surface area (Å²) in [4.78, 5) is 72.2. The second kappa shape index (κ2) is 14.4. The van der Waals surface area contributed by atoms with Crippen molar-refractivity contribution >= 4 is 35.6 Å². The highest BCUT2D eigenvalue weighted by Gasteiger charge is 2.32. The summed E-state index contributed by atoms with van der Waals surface area (Å²) in [5.41, 5.74) is 11.9. The molecular formula is C23H33N5O8. The van der Waals surface area contributed by atoms with Gasteiger partial charge in [-0.1, -0.05) is 44.2 Å². The van der Waals surface area contributed by atoms with Crippen LogP contribution in [0.3, 0.4) is 0 Å². The fourth-order valence-electron chi connectivity index (χ4n) is 3.23. The summed E-state index contributed by atoms with van der Waals surface area (Å²) >= 11 is 0. The second-order valence-electron chi connectivity index (χ2n) is 8.59. The van der Waals surface area contributed by atoms with Crippen LogP contribution in [0.2, 0.25) is 0 Å². The lowest BCUT2D eigenvalue weighted by atomic mass is 10.0. The maximum absolute atomic E-state index is 12.9. The van der Waals surface area contributed by atoms with Crippen LogP contribution in [0.4, 0.5) is 0 Å². The predicted molar refractivity (Wildman–Crippen MR) is 127 cm³/mol. The molecule has 4 unspecified atom stereocenters. The topological polar surface area (TPSA) is 231 Å². The Morgan fingerprint density at radius 3 is 1.92 bits per heavy atom. The number of carbonyl (C=O) groups is 6. The van der Waals surface area contributed by atoms with Gasteiger partial charge in [0.05, 0.1) is 12.5 Å². The van der Waals surface area contributed by atoms with Crippen LogP contribution < -0.4 is 27.4 Å². The van der Waals surface area contributed by atoms with E-state index in [4.69, 9.17) is 16.6 Å². The van der Waals surface area contributed by atoms with Crippen molar-refractivity contribution in [3.05, 3.63) is 35.9 Å². The van der Waals surface area contributed by atoms with E-state index in [-0.39, 0.29) is 12.8 Å². The largest absolute Gasteiger partial charge is 0.481 e. The number of aliphatic carboxylic acids is 2. The number of nitrogens with one attached hydrogen (secondary N) is 3. The van der Waals surface area contributed by atoms with Gasteiger partial charge in [-0.2, -0.15) is 0 Å². The van der Waals surface area contributed by atoms with Gasteiger partial charge in [-0.05, 0) is 24.3 Å². The molecular weight excluding hydrogens is 474 g/mol. The lowest BCUT2D eigenvalue weighted by Gasteiger charge is -2.25. The van der Waals surface area contributed by atoms with E-state index in [1.54, 1.807) is 44.2 Å². The fraction of sp³-hybridized carbons (Fsp3) is 0.478. The Labute approximate surface area is 208 Å². The van der Waals surface area contributed by atoms with Gasteiger partial charge in [0.15, 0.2) is 0 Å². The number of carboxylic acid groups (broad SMARTS) is 2. The number of hydrogen-bond acceptors (Lipinski definition) is 7. The van der Waals surface area contributed by atoms with E-state index < -0.39 is 78.5 Å². The summed E-state index contributed by atoms with van der Waals surface area (Å²) in [5, 5.41) is 25.2. The molecule has 0 saturated heterocycles. The normalized spacial score (nSPS) is 14.1. The van der Waals surface area contributed by atoms with Gasteiger partial charge in [0.25, 0.3) is 0 Å². The standard InChI is InChI=1S/C23H33N5O8/c1-12(2)19(23(35)36)28-21(33)15(8-9-18(30)31)26-22(34)16(11-17(25)29)27-20(32)14(24)10-13-6-4-3-5-7-13/h3-7,12,14-16,19H,8-11,24H2,1-2H3,(H2,25,29)(H,26,34)(H,27,32)(H,28,33)(H,30,31)(H,35,36). The molecule has 13 heteroatoms. The average molecular weight is 508 g/mol. The monoisotopic (exact) mass is 507 g/mol. The Kier molecular flexibility index (Phi) is 12.0. The molecule has 0 aliphatic rings. The van der Waals surface area contributed by atoms with Crippen molar-refractivity contribution in [3.63, 3.8) is 0 Å². The fourth-order valence-corrected chi connectivity index (χ4v) is 3.23. The first-order valence-corrected chi connectivity index (χ1v) is 11.2. The lowest BCUT2D eigenvalue weighted by molar-refractivity contribution is -0.144. The number of rotatable bonds is 15. The highest BCUT2D eigenvalue weighted by atomic mass is 16.4. The van der Waals surface area contributed by atoms with Gasteiger partial charge in [0.1, 0.15) is 18.1 Å². The van der Waals surface area contributed by atoms with Crippen molar-refractivity contribution in [1.82, 2.24) is 16.0 Å². The summed E-state index contributed by atoms with van der Waals surface area (Å²) in [7, 11) is 0. The zero-order chi connectivity index (χ0) is 27.4. The lowest BCUT2D eigenvalue weighted by Crippen LogP contribution is -2.58. The van der Waals surface area contributed by atoms with E-state index in [9.17, 15) is 33.9 Å². The van der Waals surface area contributed by atoms with E-state index in [0.717, 1.165) is 5.56 Å². The molecule has 0 bridgehead atoms. The van der Waals surface area contributed by atoms with Crippen molar-refractivity contribution < 1.29 is 39.0 Å². The zero-order valence-corrected chi connectivity index (χ0v) is 20.1. The van der Waals surface area contributed by atoms with Crippen LogP contribution >= 0.6 is 0 Å². The predicted octanol–water partition coefficient (Wildman–Crippen LogP) is -1.51. The highest BCUT2D eigenvalue weighted by Crippen LogP contribution is 2.07. The smallest absolute Gasteiger partial charge is 0.326 e. The van der Waals surface area contributed by atoms with Crippen LogP contribution in [0.25, 0.3) is 0 Å². The Morgan fingerprint density at radius 2 is 1.42 bits per heavy atom. The summed E-state index contributed by atoms with van der Waals surface area (Å²) in [5.74, 6) is -6.67. The molecule has 0 aliphatic heterocycles. The van der Waals surface area contributed by atoms with Crippen LogP contribution in [0.1, 0.15) is 38.7 Å². The minimum Gasteiger partial charge on any atom is -0.481 e. The van der Waals surface area contributed by atoms with Gasteiger partial charge in [-0.3, -0.25) is 24.0 Å². The van der Waals surface area contributed by atoms with E-state index in [1.807, 2.05) is 0 Å². The second-order valence-corrected chi connectivity index (χ2v) is 8.59. The molecule has 0 fully saturated rings. The zero-order valence-electron chi connectivity index (χ0n) is 20.1. The SMILES string of the molecule is CC(C)C(NC(=O)C(CCC(=O)O)NC(=O)C(CC(N)=O)NC(=O)C(N)Cc1ccccc1)C(=O)O. The van der Waals surface area contributed by atoms with E-state index in [0.29, 0.717) is 0 Å². The van der Waals surface area contributed by atoms with Gasteiger partial charge < -0.3 is 37.6 Å². The van der Waals surface area contributed by atoms with Crippen LogP contribution in [-0.2, 0) is 35.2 Å². The third-order valence-corrected chi connectivity index (χ3v) is 5.18. The molecule has 1 aromatic rings. The van der Waals surface area contributed by atoms with E-state index >= 15 is 0 Å². The average Bonchev–Trinajstić information content (AvgIpc) is 2.79. The first-order valence-electron chi connectivity index (χ1n) is 11.2. The molecule has 36 heavy (non-hydrogen) atoms. The van der Waals surface area contributed by atoms with Gasteiger partial charge in [-0.15, -0.1) is 0 Å². The Bertz CT molecular complexity index is 953. The molecule has 0 radical (unpaired) electrons. The van der Waals surface area contributed by atoms with Crippen LogP contribution in [-0.4, -0.2) is 69.9 Å². The number of carbonyl (C=O) groups excluding carboxylic acids is 4. The maximum Gasteiger partial charge on any atom is 0.326 e. The van der Waals surface area contributed by atoms with Crippen LogP contribution in [0, 0.1) is 5.92 Å². The molecule has 0 heterocycles. The molecule has 13 nitrogen and oxygen atoms in total. The minimum atomic E-state index is -1.50. The van der Waals surface area contributed by atoms with Crippen molar-refractivity contribution in [2.24, 2.45) is 17.4 Å². The molecule has 0 aromatic heterocycles. The summed E-state index contributed by atoms with van der Waals surface area (Å²) in [6.45, 7) is 3.11. The molecule has 198 valence electrons. The first-order chi connectivity index (χ1) is 16.8. The van der Waals surface area contributed by atoms with Crippen molar-refractivity contribution in [2.45, 2.75) is 63.7 Å². The van der Waals surface area contributed by atoms with Gasteiger partial charge in [0.2, 0.25) is 23.6 Å². The number of amides is 4. The summed E-state index contributed by atoms with van der Waals surface area (Å²) in [6, 6.07) is 3.51. The molecule has 4 atom stereocenters. The Hall–Kier alpha value is -4.00. The van der Waals surface area contributed by atoms with Crippen molar-refractivity contribution in [1.29, 1.82) is 0 Å². The number of hydrogen-bond donors (Lipinski definition) is 7. The first kappa shape index (κ1) is 30.0.